The summed E-state index contributed by atoms with van der Waals surface area (Å²) in [4.78, 5) is 0.696. The topological polar surface area (TPSA) is 65.1 Å². The highest BCUT2D eigenvalue weighted by Gasteiger charge is 2.33. The SMILES string of the molecule is Nn1c2cc3c(cc2c2cc4ccccc4cc21)-c1ccccc1S3(=O)=O. The average Bonchev–Trinajstić information content (AvgIpc) is 3.09. The van der Waals surface area contributed by atoms with Crippen LogP contribution < -0.4 is 5.84 Å². The first kappa shape index (κ1) is 14.8. The molecule has 27 heavy (non-hydrogen) atoms. The summed E-state index contributed by atoms with van der Waals surface area (Å²) in [5, 5.41) is 4.22. The number of benzene rings is 4. The third-order valence-corrected chi connectivity index (χ3v) is 7.38. The second-order valence-electron chi connectivity index (χ2n) is 6.95. The van der Waals surface area contributed by atoms with Crippen LogP contribution in [0.1, 0.15) is 0 Å². The predicted molar refractivity (Wildman–Crippen MR) is 108 cm³/mol. The van der Waals surface area contributed by atoms with Gasteiger partial charge in [-0.2, -0.15) is 0 Å². The summed E-state index contributed by atoms with van der Waals surface area (Å²) in [7, 11) is -3.52. The standard InChI is InChI=1S/C22H14N2O2S/c23-24-19-10-14-6-2-1-5-13(14)9-16(19)17-11-18-15-7-3-4-8-21(15)27(25,26)22(18)12-20(17)24/h1-12H,23H2. The minimum atomic E-state index is -3.52. The number of rotatable bonds is 0. The largest absolute Gasteiger partial charge is 0.339 e. The Kier molecular flexibility index (Phi) is 2.58. The second-order valence-corrected chi connectivity index (χ2v) is 8.84. The molecule has 0 unspecified atom stereocenters. The number of hydrogen-bond donors (Lipinski definition) is 1. The summed E-state index contributed by atoms with van der Waals surface area (Å²) in [6, 6.07) is 23.1. The number of sulfone groups is 1. The van der Waals surface area contributed by atoms with Crippen LogP contribution in [0.2, 0.25) is 0 Å². The number of nitrogen functional groups attached to an aromatic ring is 1. The average molecular weight is 370 g/mol. The maximum absolute atomic E-state index is 13.0. The van der Waals surface area contributed by atoms with E-state index in [9.17, 15) is 8.42 Å². The molecular weight excluding hydrogens is 356 g/mol. The molecule has 5 aromatic rings. The summed E-state index contributed by atoms with van der Waals surface area (Å²) < 4.78 is 27.6. The van der Waals surface area contributed by atoms with Crippen LogP contribution in [0.3, 0.4) is 0 Å². The molecule has 130 valence electrons. The Morgan fingerprint density at radius 1 is 0.667 bits per heavy atom. The summed E-state index contributed by atoms with van der Waals surface area (Å²) in [5.74, 6) is 6.38. The van der Waals surface area contributed by atoms with Crippen LogP contribution in [0.5, 0.6) is 0 Å². The molecule has 0 amide bonds. The lowest BCUT2D eigenvalue weighted by atomic mass is 10.0. The fourth-order valence-electron chi connectivity index (χ4n) is 4.23. The summed E-state index contributed by atoms with van der Waals surface area (Å²) in [6.45, 7) is 0. The molecule has 0 fully saturated rings. The molecule has 0 saturated carbocycles. The van der Waals surface area contributed by atoms with Crippen molar-refractivity contribution in [2.45, 2.75) is 9.79 Å². The van der Waals surface area contributed by atoms with Crippen molar-refractivity contribution < 1.29 is 8.42 Å². The van der Waals surface area contributed by atoms with Gasteiger partial charge in [-0.05, 0) is 41.1 Å². The first-order valence-corrected chi connectivity index (χ1v) is 10.1. The normalized spacial score (nSPS) is 14.7. The van der Waals surface area contributed by atoms with Gasteiger partial charge in [0.15, 0.2) is 0 Å². The molecule has 0 aliphatic carbocycles. The van der Waals surface area contributed by atoms with Crippen molar-refractivity contribution in [3.8, 4) is 11.1 Å². The molecule has 4 nitrogen and oxygen atoms in total. The van der Waals surface area contributed by atoms with Gasteiger partial charge in [-0.25, -0.2) is 8.42 Å². The van der Waals surface area contributed by atoms with Crippen molar-refractivity contribution in [3.05, 3.63) is 72.8 Å². The zero-order chi connectivity index (χ0) is 18.3. The number of nitrogens with zero attached hydrogens (tertiary/aromatic N) is 1. The minimum Gasteiger partial charge on any atom is -0.339 e. The van der Waals surface area contributed by atoms with Crippen LogP contribution in [0.25, 0.3) is 43.7 Å². The molecule has 0 atom stereocenters. The first-order valence-electron chi connectivity index (χ1n) is 8.66. The van der Waals surface area contributed by atoms with Crippen molar-refractivity contribution in [2.24, 2.45) is 0 Å². The molecule has 0 radical (unpaired) electrons. The highest BCUT2D eigenvalue weighted by atomic mass is 32.2. The van der Waals surface area contributed by atoms with Gasteiger partial charge >= 0.3 is 0 Å². The number of hydrogen-bond acceptors (Lipinski definition) is 3. The molecule has 5 heteroatoms. The molecule has 6 rings (SSSR count). The zero-order valence-electron chi connectivity index (χ0n) is 14.2. The Labute approximate surface area is 155 Å². The summed E-state index contributed by atoms with van der Waals surface area (Å²) in [5.41, 5.74) is 3.11. The monoisotopic (exact) mass is 370 g/mol. The van der Waals surface area contributed by atoms with E-state index in [1.807, 2.05) is 36.4 Å². The second kappa shape index (κ2) is 4.69. The van der Waals surface area contributed by atoms with E-state index >= 15 is 0 Å². The van der Waals surface area contributed by atoms with E-state index in [0.29, 0.717) is 9.79 Å². The van der Waals surface area contributed by atoms with Crippen molar-refractivity contribution in [1.82, 2.24) is 4.68 Å². The Morgan fingerprint density at radius 3 is 2.11 bits per heavy atom. The van der Waals surface area contributed by atoms with Crippen LogP contribution >= 0.6 is 0 Å². The Bertz CT molecular complexity index is 1550. The molecule has 0 spiro atoms. The van der Waals surface area contributed by atoms with Gasteiger partial charge in [0.25, 0.3) is 0 Å². The van der Waals surface area contributed by atoms with E-state index in [0.717, 1.165) is 43.7 Å². The van der Waals surface area contributed by atoms with Gasteiger partial charge in [0, 0.05) is 21.9 Å². The van der Waals surface area contributed by atoms with Gasteiger partial charge in [0.1, 0.15) is 0 Å². The van der Waals surface area contributed by atoms with Gasteiger partial charge in [0.2, 0.25) is 9.84 Å². The Hall–Kier alpha value is -3.31. The molecule has 2 heterocycles. The molecule has 1 aliphatic heterocycles. The smallest absolute Gasteiger partial charge is 0.207 e. The van der Waals surface area contributed by atoms with Crippen LogP contribution in [-0.4, -0.2) is 13.1 Å². The highest BCUT2D eigenvalue weighted by molar-refractivity contribution is 7.92. The van der Waals surface area contributed by atoms with Gasteiger partial charge in [-0.15, -0.1) is 0 Å². The van der Waals surface area contributed by atoms with Crippen LogP contribution in [0, 0.1) is 0 Å². The van der Waals surface area contributed by atoms with Crippen LogP contribution in [0.4, 0.5) is 0 Å². The fraction of sp³-hybridized carbons (Fsp3) is 0. The third kappa shape index (κ3) is 1.74. The van der Waals surface area contributed by atoms with Gasteiger partial charge in [0.05, 0.1) is 20.8 Å². The van der Waals surface area contributed by atoms with Gasteiger partial charge in [-0.1, -0.05) is 42.5 Å². The summed E-state index contributed by atoms with van der Waals surface area (Å²) >= 11 is 0. The Morgan fingerprint density at radius 2 is 1.30 bits per heavy atom. The lowest BCUT2D eigenvalue weighted by molar-refractivity contribution is 0.599. The number of nitrogens with two attached hydrogens (primary N) is 1. The predicted octanol–water partition coefficient (Wildman–Crippen LogP) is 4.47. The van der Waals surface area contributed by atoms with Gasteiger partial charge < -0.3 is 5.84 Å². The van der Waals surface area contributed by atoms with E-state index in [4.69, 9.17) is 5.84 Å². The first-order chi connectivity index (χ1) is 13.1. The summed E-state index contributed by atoms with van der Waals surface area (Å²) in [6.07, 6.45) is 0. The van der Waals surface area contributed by atoms with E-state index in [1.54, 1.807) is 22.9 Å². The minimum absolute atomic E-state index is 0.329. The van der Waals surface area contributed by atoms with E-state index < -0.39 is 9.84 Å². The number of fused-ring (bicyclic) bond motifs is 7. The Balaban J connectivity index is 1.82. The molecule has 2 N–H and O–H groups in total. The van der Waals surface area contributed by atoms with Crippen molar-refractivity contribution in [1.29, 1.82) is 0 Å². The molecule has 1 aliphatic rings. The van der Waals surface area contributed by atoms with E-state index in [1.165, 1.54) is 0 Å². The number of aromatic nitrogens is 1. The maximum atomic E-state index is 13.0. The van der Waals surface area contributed by atoms with Crippen LogP contribution in [-0.2, 0) is 9.84 Å². The highest BCUT2D eigenvalue weighted by Crippen LogP contribution is 2.46. The molecule has 0 saturated heterocycles. The van der Waals surface area contributed by atoms with Crippen molar-refractivity contribution >= 4 is 42.4 Å². The fourth-order valence-corrected chi connectivity index (χ4v) is 5.92. The lowest BCUT2D eigenvalue weighted by Crippen LogP contribution is -2.07. The zero-order valence-corrected chi connectivity index (χ0v) is 15.0. The molecule has 0 bridgehead atoms. The molecule has 4 aromatic carbocycles. The van der Waals surface area contributed by atoms with Crippen LogP contribution in [0.15, 0.2) is 82.6 Å². The van der Waals surface area contributed by atoms with Crippen molar-refractivity contribution in [2.75, 3.05) is 5.84 Å². The third-order valence-electron chi connectivity index (χ3n) is 5.53. The maximum Gasteiger partial charge on any atom is 0.207 e. The van der Waals surface area contributed by atoms with E-state index in [2.05, 4.69) is 18.2 Å². The van der Waals surface area contributed by atoms with E-state index in [-0.39, 0.29) is 0 Å². The van der Waals surface area contributed by atoms with Crippen molar-refractivity contribution in [3.63, 3.8) is 0 Å². The molecular formula is C22H14N2O2S. The molecule has 1 aromatic heterocycles. The lowest BCUT2D eigenvalue weighted by Gasteiger charge is -2.02. The van der Waals surface area contributed by atoms with Gasteiger partial charge in [-0.3, -0.25) is 4.68 Å². The quantitative estimate of drug-likeness (QED) is 0.401.